The van der Waals surface area contributed by atoms with Gasteiger partial charge in [0.1, 0.15) is 5.82 Å². The molecule has 104 valence electrons. The Morgan fingerprint density at radius 3 is 2.45 bits per heavy atom. The number of pyridine rings is 1. The molecule has 1 aromatic heterocycles. The quantitative estimate of drug-likeness (QED) is 0.923. The van der Waals surface area contributed by atoms with Crippen LogP contribution in [0.5, 0.6) is 0 Å². The van der Waals surface area contributed by atoms with Crippen LogP contribution >= 0.6 is 0 Å². The van der Waals surface area contributed by atoms with Gasteiger partial charge >= 0.3 is 0 Å². The average molecular weight is 268 g/mol. The van der Waals surface area contributed by atoms with Crippen molar-refractivity contribution in [2.45, 2.75) is 6.54 Å². The van der Waals surface area contributed by atoms with E-state index in [0.29, 0.717) is 6.54 Å². The van der Waals surface area contributed by atoms with Gasteiger partial charge in [-0.05, 0) is 29.8 Å². The van der Waals surface area contributed by atoms with Crippen molar-refractivity contribution >= 4 is 11.5 Å². The van der Waals surface area contributed by atoms with Gasteiger partial charge in [0.2, 0.25) is 0 Å². The molecule has 2 N–H and O–H groups in total. The first kappa shape index (κ1) is 12.9. The van der Waals surface area contributed by atoms with Crippen molar-refractivity contribution in [1.29, 1.82) is 0 Å². The Balaban J connectivity index is 1.66. The zero-order valence-corrected chi connectivity index (χ0v) is 11.6. The van der Waals surface area contributed by atoms with E-state index in [-0.39, 0.29) is 0 Å². The molecule has 4 heteroatoms. The van der Waals surface area contributed by atoms with E-state index in [2.05, 4.69) is 45.1 Å². The second-order valence-corrected chi connectivity index (χ2v) is 5.04. The van der Waals surface area contributed by atoms with Gasteiger partial charge in [0.15, 0.2) is 0 Å². The third-order valence-electron chi connectivity index (χ3n) is 3.76. The number of piperazine rings is 1. The van der Waals surface area contributed by atoms with E-state index in [4.69, 9.17) is 5.73 Å². The first-order valence-corrected chi connectivity index (χ1v) is 7.07. The molecule has 0 radical (unpaired) electrons. The monoisotopic (exact) mass is 268 g/mol. The minimum atomic E-state index is 0.599. The lowest BCUT2D eigenvalue weighted by Gasteiger charge is -2.36. The number of nitrogens with two attached hydrogens (primary N) is 1. The van der Waals surface area contributed by atoms with E-state index < -0.39 is 0 Å². The van der Waals surface area contributed by atoms with Gasteiger partial charge < -0.3 is 15.5 Å². The van der Waals surface area contributed by atoms with Crippen molar-refractivity contribution in [3.05, 3.63) is 54.2 Å². The molecular weight excluding hydrogens is 248 g/mol. The zero-order valence-electron chi connectivity index (χ0n) is 11.6. The number of rotatable bonds is 3. The predicted molar refractivity (Wildman–Crippen MR) is 83.0 cm³/mol. The largest absolute Gasteiger partial charge is 0.368 e. The number of aromatic nitrogens is 1. The fourth-order valence-corrected chi connectivity index (χ4v) is 2.61. The topological polar surface area (TPSA) is 45.4 Å². The SMILES string of the molecule is NCc1cccc(N2CCN(c3ccccn3)CC2)c1. The van der Waals surface area contributed by atoms with Crippen LogP contribution < -0.4 is 15.5 Å². The first-order chi connectivity index (χ1) is 9.86. The van der Waals surface area contributed by atoms with Crippen LogP contribution in [-0.4, -0.2) is 31.2 Å². The van der Waals surface area contributed by atoms with E-state index in [9.17, 15) is 0 Å². The maximum atomic E-state index is 5.71. The predicted octanol–water partition coefficient (Wildman–Crippen LogP) is 1.87. The van der Waals surface area contributed by atoms with Gasteiger partial charge in [0, 0.05) is 44.6 Å². The van der Waals surface area contributed by atoms with E-state index >= 15 is 0 Å². The molecule has 0 bridgehead atoms. The lowest BCUT2D eigenvalue weighted by Crippen LogP contribution is -2.46. The fraction of sp³-hybridized carbons (Fsp3) is 0.312. The van der Waals surface area contributed by atoms with E-state index in [1.807, 2.05) is 18.3 Å². The van der Waals surface area contributed by atoms with Gasteiger partial charge in [-0.1, -0.05) is 18.2 Å². The Hall–Kier alpha value is -2.07. The molecule has 0 saturated carbocycles. The Morgan fingerprint density at radius 1 is 0.950 bits per heavy atom. The maximum absolute atomic E-state index is 5.71. The molecule has 1 aromatic carbocycles. The maximum Gasteiger partial charge on any atom is 0.128 e. The molecule has 1 aliphatic rings. The molecule has 0 spiro atoms. The highest BCUT2D eigenvalue weighted by molar-refractivity contribution is 5.51. The molecule has 0 aliphatic carbocycles. The van der Waals surface area contributed by atoms with Crippen LogP contribution in [0.1, 0.15) is 5.56 Å². The Labute approximate surface area is 119 Å². The smallest absolute Gasteiger partial charge is 0.128 e. The van der Waals surface area contributed by atoms with Crippen LogP contribution in [0.2, 0.25) is 0 Å². The molecule has 20 heavy (non-hydrogen) atoms. The van der Waals surface area contributed by atoms with Crippen LogP contribution in [0.25, 0.3) is 0 Å². The minimum Gasteiger partial charge on any atom is -0.368 e. The van der Waals surface area contributed by atoms with Crippen LogP contribution in [0, 0.1) is 0 Å². The molecule has 1 fully saturated rings. The van der Waals surface area contributed by atoms with Crippen LogP contribution in [0.4, 0.5) is 11.5 Å². The zero-order chi connectivity index (χ0) is 13.8. The Kier molecular flexibility index (Phi) is 3.83. The van der Waals surface area contributed by atoms with Crippen molar-refractivity contribution in [1.82, 2.24) is 4.98 Å². The van der Waals surface area contributed by atoms with E-state index in [0.717, 1.165) is 32.0 Å². The summed E-state index contributed by atoms with van der Waals surface area (Å²) in [6.45, 7) is 4.64. The molecular formula is C16H20N4. The van der Waals surface area contributed by atoms with Crippen LogP contribution in [0.15, 0.2) is 48.7 Å². The summed E-state index contributed by atoms with van der Waals surface area (Å²) < 4.78 is 0. The van der Waals surface area contributed by atoms with Gasteiger partial charge in [-0.25, -0.2) is 4.98 Å². The highest BCUT2D eigenvalue weighted by Gasteiger charge is 2.18. The van der Waals surface area contributed by atoms with Crippen LogP contribution in [-0.2, 0) is 6.54 Å². The van der Waals surface area contributed by atoms with E-state index in [1.54, 1.807) is 0 Å². The molecule has 2 heterocycles. The third-order valence-corrected chi connectivity index (χ3v) is 3.76. The molecule has 1 aliphatic heterocycles. The highest BCUT2D eigenvalue weighted by Crippen LogP contribution is 2.20. The van der Waals surface area contributed by atoms with Gasteiger partial charge in [0.05, 0.1) is 0 Å². The Morgan fingerprint density at radius 2 is 1.75 bits per heavy atom. The van der Waals surface area contributed by atoms with Gasteiger partial charge in [-0.2, -0.15) is 0 Å². The molecule has 2 aromatic rings. The summed E-state index contributed by atoms with van der Waals surface area (Å²) in [4.78, 5) is 9.17. The summed E-state index contributed by atoms with van der Waals surface area (Å²) in [5.41, 5.74) is 8.17. The molecule has 0 atom stereocenters. The number of hydrogen-bond acceptors (Lipinski definition) is 4. The molecule has 0 unspecified atom stereocenters. The standard InChI is InChI=1S/C16H20N4/c17-13-14-4-3-5-15(12-14)19-8-10-20(11-9-19)16-6-1-2-7-18-16/h1-7,12H,8-11,13,17H2. The molecule has 4 nitrogen and oxygen atoms in total. The summed E-state index contributed by atoms with van der Waals surface area (Å²) in [5.74, 6) is 1.07. The van der Waals surface area contributed by atoms with Crippen molar-refractivity contribution in [3.8, 4) is 0 Å². The number of nitrogens with zero attached hydrogens (tertiary/aromatic N) is 3. The van der Waals surface area contributed by atoms with Gasteiger partial charge in [0.25, 0.3) is 0 Å². The molecule has 3 rings (SSSR count). The summed E-state index contributed by atoms with van der Waals surface area (Å²) in [6, 6.07) is 14.6. The summed E-state index contributed by atoms with van der Waals surface area (Å²) >= 11 is 0. The summed E-state index contributed by atoms with van der Waals surface area (Å²) in [5, 5.41) is 0. The van der Waals surface area contributed by atoms with Crippen molar-refractivity contribution in [2.24, 2.45) is 5.73 Å². The van der Waals surface area contributed by atoms with Gasteiger partial charge in [-0.3, -0.25) is 0 Å². The van der Waals surface area contributed by atoms with Crippen molar-refractivity contribution < 1.29 is 0 Å². The second-order valence-electron chi connectivity index (χ2n) is 5.04. The number of anilines is 2. The number of hydrogen-bond donors (Lipinski definition) is 1. The lowest BCUT2D eigenvalue weighted by molar-refractivity contribution is 0.647. The Bertz CT molecular complexity index is 547. The van der Waals surface area contributed by atoms with E-state index in [1.165, 1.54) is 11.3 Å². The summed E-state index contributed by atoms with van der Waals surface area (Å²) in [7, 11) is 0. The normalized spacial score (nSPS) is 15.4. The number of benzene rings is 1. The third kappa shape index (κ3) is 2.75. The lowest BCUT2D eigenvalue weighted by atomic mass is 10.1. The minimum absolute atomic E-state index is 0.599. The summed E-state index contributed by atoms with van der Waals surface area (Å²) in [6.07, 6.45) is 1.85. The molecule has 1 saturated heterocycles. The first-order valence-electron chi connectivity index (χ1n) is 7.07. The average Bonchev–Trinajstić information content (AvgIpc) is 2.56. The van der Waals surface area contributed by atoms with Gasteiger partial charge in [-0.15, -0.1) is 0 Å². The second kappa shape index (κ2) is 5.92. The van der Waals surface area contributed by atoms with Crippen molar-refractivity contribution in [3.63, 3.8) is 0 Å². The fourth-order valence-electron chi connectivity index (χ4n) is 2.61. The van der Waals surface area contributed by atoms with Crippen LogP contribution in [0.3, 0.4) is 0 Å². The van der Waals surface area contributed by atoms with Crippen molar-refractivity contribution in [2.75, 3.05) is 36.0 Å². The molecule has 0 amide bonds. The highest BCUT2D eigenvalue weighted by atomic mass is 15.3.